The number of rotatable bonds is 4. The third-order valence-electron chi connectivity index (χ3n) is 3.03. The Labute approximate surface area is 105 Å². The Bertz CT molecular complexity index is 440. The Kier molecular flexibility index (Phi) is 4.47. The highest BCUT2D eigenvalue weighted by Gasteiger charge is 2.19. The smallest absolute Gasteiger partial charge is 0.170 e. The van der Waals surface area contributed by atoms with Crippen LogP contribution in [0.5, 0.6) is 0 Å². The first-order chi connectivity index (χ1) is 8.42. The summed E-state index contributed by atoms with van der Waals surface area (Å²) < 4.78 is 27.8. The van der Waals surface area contributed by atoms with Gasteiger partial charge in [-0.3, -0.25) is 0 Å². The molecular weight excluding hydrogens is 240 g/mol. The molecule has 0 spiro atoms. The van der Waals surface area contributed by atoms with E-state index in [2.05, 4.69) is 5.16 Å². The summed E-state index contributed by atoms with van der Waals surface area (Å²) >= 11 is 0. The van der Waals surface area contributed by atoms with Gasteiger partial charge in [0.25, 0.3) is 0 Å². The number of nitrogens with two attached hydrogens (primary N) is 1. The molecule has 18 heavy (non-hydrogen) atoms. The van der Waals surface area contributed by atoms with Crippen LogP contribution in [0.3, 0.4) is 0 Å². The molecule has 0 aliphatic rings. The minimum absolute atomic E-state index is 0.00343. The van der Waals surface area contributed by atoms with Crippen molar-refractivity contribution in [2.75, 3.05) is 11.9 Å². The van der Waals surface area contributed by atoms with Crippen molar-refractivity contribution in [1.82, 2.24) is 0 Å². The molecule has 0 saturated carbocycles. The number of oxime groups is 1. The molecule has 100 valence electrons. The Balaban J connectivity index is 3.24. The molecule has 0 aliphatic carbocycles. The van der Waals surface area contributed by atoms with Gasteiger partial charge in [-0.05, 0) is 25.5 Å². The third-order valence-corrected chi connectivity index (χ3v) is 3.03. The van der Waals surface area contributed by atoms with E-state index in [0.717, 1.165) is 18.6 Å². The topological polar surface area (TPSA) is 61.8 Å². The van der Waals surface area contributed by atoms with Crippen LogP contribution in [0.1, 0.15) is 25.8 Å². The van der Waals surface area contributed by atoms with Gasteiger partial charge in [0.1, 0.15) is 17.3 Å². The Hall–Kier alpha value is -1.85. The molecule has 0 bridgehead atoms. The van der Waals surface area contributed by atoms with Gasteiger partial charge in [-0.15, -0.1) is 0 Å². The molecule has 0 saturated heterocycles. The SMILES string of the molecule is CCC(C)N(C)c1c(F)cc(C(N)=NO)cc1F. The maximum absolute atomic E-state index is 13.9. The molecule has 3 N–H and O–H groups in total. The van der Waals surface area contributed by atoms with Crippen LogP contribution in [-0.4, -0.2) is 24.1 Å². The Morgan fingerprint density at radius 2 is 1.94 bits per heavy atom. The molecule has 0 fully saturated rings. The Morgan fingerprint density at radius 1 is 1.44 bits per heavy atom. The van der Waals surface area contributed by atoms with Crippen LogP contribution >= 0.6 is 0 Å². The number of halogens is 2. The van der Waals surface area contributed by atoms with Crippen molar-refractivity contribution in [1.29, 1.82) is 0 Å². The molecule has 4 nitrogen and oxygen atoms in total. The summed E-state index contributed by atoms with van der Waals surface area (Å²) in [5, 5.41) is 11.2. The zero-order chi connectivity index (χ0) is 13.9. The van der Waals surface area contributed by atoms with E-state index < -0.39 is 11.6 Å². The molecule has 1 aromatic carbocycles. The van der Waals surface area contributed by atoms with E-state index in [1.54, 1.807) is 7.05 Å². The van der Waals surface area contributed by atoms with Gasteiger partial charge in [0.2, 0.25) is 0 Å². The van der Waals surface area contributed by atoms with Crippen molar-refractivity contribution >= 4 is 11.5 Å². The van der Waals surface area contributed by atoms with Crippen molar-refractivity contribution in [3.63, 3.8) is 0 Å². The number of hydrogen-bond acceptors (Lipinski definition) is 3. The first-order valence-corrected chi connectivity index (χ1v) is 5.62. The lowest BCUT2D eigenvalue weighted by atomic mass is 10.1. The summed E-state index contributed by atoms with van der Waals surface area (Å²) in [6.45, 7) is 3.80. The van der Waals surface area contributed by atoms with E-state index in [0.29, 0.717) is 0 Å². The molecule has 1 aromatic rings. The van der Waals surface area contributed by atoms with Crippen molar-refractivity contribution in [2.45, 2.75) is 26.3 Å². The monoisotopic (exact) mass is 257 g/mol. The van der Waals surface area contributed by atoms with E-state index in [9.17, 15) is 8.78 Å². The minimum Gasteiger partial charge on any atom is -0.409 e. The Morgan fingerprint density at radius 3 is 2.33 bits per heavy atom. The van der Waals surface area contributed by atoms with Gasteiger partial charge in [0, 0.05) is 18.7 Å². The van der Waals surface area contributed by atoms with Crippen molar-refractivity contribution in [2.24, 2.45) is 10.9 Å². The number of amidine groups is 1. The largest absolute Gasteiger partial charge is 0.409 e. The first-order valence-electron chi connectivity index (χ1n) is 5.62. The van der Waals surface area contributed by atoms with Gasteiger partial charge in [-0.25, -0.2) is 8.78 Å². The number of anilines is 1. The lowest BCUT2D eigenvalue weighted by Crippen LogP contribution is -2.30. The fourth-order valence-electron chi connectivity index (χ4n) is 1.60. The van der Waals surface area contributed by atoms with E-state index in [1.807, 2.05) is 13.8 Å². The fourth-order valence-corrected chi connectivity index (χ4v) is 1.60. The highest BCUT2D eigenvalue weighted by atomic mass is 19.1. The minimum atomic E-state index is -0.737. The number of nitrogens with zero attached hydrogens (tertiary/aromatic N) is 2. The van der Waals surface area contributed by atoms with Gasteiger partial charge in [0.15, 0.2) is 5.84 Å². The molecule has 0 heterocycles. The van der Waals surface area contributed by atoms with Crippen LogP contribution in [0.4, 0.5) is 14.5 Å². The summed E-state index contributed by atoms with van der Waals surface area (Å²) in [6.07, 6.45) is 0.761. The fraction of sp³-hybridized carbons (Fsp3) is 0.417. The molecule has 1 unspecified atom stereocenters. The summed E-state index contributed by atoms with van der Waals surface area (Å²) in [6, 6.07) is 2.10. The lowest BCUT2D eigenvalue weighted by molar-refractivity contribution is 0.318. The highest BCUT2D eigenvalue weighted by molar-refractivity contribution is 5.97. The second kappa shape index (κ2) is 5.66. The van der Waals surface area contributed by atoms with Gasteiger partial charge in [-0.2, -0.15) is 0 Å². The third kappa shape index (κ3) is 2.69. The standard InChI is InChI=1S/C12H17F2N3O/c1-4-7(2)17(3)11-9(13)5-8(6-10(11)14)12(15)16-18/h5-7,18H,4H2,1-3H3,(H2,15,16). The second-order valence-corrected chi connectivity index (χ2v) is 4.14. The second-order valence-electron chi connectivity index (χ2n) is 4.14. The molecule has 0 amide bonds. The van der Waals surface area contributed by atoms with E-state index >= 15 is 0 Å². The predicted octanol–water partition coefficient (Wildman–Crippen LogP) is 2.29. The molecule has 0 aromatic heterocycles. The van der Waals surface area contributed by atoms with Crippen LogP contribution in [0, 0.1) is 11.6 Å². The summed E-state index contributed by atoms with van der Waals surface area (Å²) in [4.78, 5) is 1.53. The van der Waals surface area contributed by atoms with Crippen LogP contribution in [0.25, 0.3) is 0 Å². The van der Waals surface area contributed by atoms with Gasteiger partial charge in [0.05, 0.1) is 0 Å². The number of hydrogen-bond donors (Lipinski definition) is 2. The quantitative estimate of drug-likeness (QED) is 0.376. The maximum Gasteiger partial charge on any atom is 0.170 e. The van der Waals surface area contributed by atoms with Crippen molar-refractivity contribution in [3.05, 3.63) is 29.3 Å². The molecular formula is C12H17F2N3O. The lowest BCUT2D eigenvalue weighted by Gasteiger charge is -2.27. The summed E-state index contributed by atoms with van der Waals surface area (Å²) in [5.74, 6) is -1.80. The highest BCUT2D eigenvalue weighted by Crippen LogP contribution is 2.26. The maximum atomic E-state index is 13.9. The molecule has 0 radical (unpaired) electrons. The van der Waals surface area contributed by atoms with Crippen LogP contribution < -0.4 is 10.6 Å². The van der Waals surface area contributed by atoms with Crippen molar-refractivity contribution in [3.8, 4) is 0 Å². The normalized spacial score (nSPS) is 13.5. The summed E-state index contributed by atoms with van der Waals surface area (Å²) in [7, 11) is 1.62. The van der Waals surface area contributed by atoms with Crippen LogP contribution in [0.2, 0.25) is 0 Å². The summed E-state index contributed by atoms with van der Waals surface area (Å²) in [5.41, 5.74) is 5.19. The molecule has 0 aliphatic heterocycles. The number of benzene rings is 1. The van der Waals surface area contributed by atoms with Crippen LogP contribution in [0.15, 0.2) is 17.3 Å². The molecule has 1 rings (SSSR count). The van der Waals surface area contributed by atoms with Gasteiger partial charge < -0.3 is 15.8 Å². The first kappa shape index (κ1) is 14.2. The average Bonchev–Trinajstić information content (AvgIpc) is 2.35. The van der Waals surface area contributed by atoms with E-state index in [1.165, 1.54) is 4.90 Å². The molecule has 1 atom stereocenters. The zero-order valence-corrected chi connectivity index (χ0v) is 10.6. The van der Waals surface area contributed by atoms with E-state index in [-0.39, 0.29) is 23.1 Å². The van der Waals surface area contributed by atoms with Gasteiger partial charge in [-0.1, -0.05) is 12.1 Å². The van der Waals surface area contributed by atoms with Gasteiger partial charge >= 0.3 is 0 Å². The average molecular weight is 257 g/mol. The molecule has 6 heteroatoms. The zero-order valence-electron chi connectivity index (χ0n) is 10.6. The van der Waals surface area contributed by atoms with Crippen molar-refractivity contribution < 1.29 is 14.0 Å². The van der Waals surface area contributed by atoms with Crippen LogP contribution in [-0.2, 0) is 0 Å². The predicted molar refractivity (Wildman–Crippen MR) is 67.0 cm³/mol. The van der Waals surface area contributed by atoms with E-state index in [4.69, 9.17) is 10.9 Å².